The number of anilines is 1. The van der Waals surface area contributed by atoms with Crippen LogP contribution in [-0.2, 0) is 4.79 Å². The van der Waals surface area contributed by atoms with Gasteiger partial charge in [-0.1, -0.05) is 17.7 Å². The molecule has 0 aliphatic carbocycles. The van der Waals surface area contributed by atoms with Crippen LogP contribution in [0, 0.1) is 17.6 Å². The van der Waals surface area contributed by atoms with Crippen molar-refractivity contribution in [2.45, 2.75) is 6.42 Å². The first-order valence-electron chi connectivity index (χ1n) is 7.74. The van der Waals surface area contributed by atoms with Gasteiger partial charge in [-0.3, -0.25) is 9.59 Å². The summed E-state index contributed by atoms with van der Waals surface area (Å²) in [6.45, 7) is 0.614. The molecule has 0 saturated carbocycles. The largest absolute Gasteiger partial charge is 0.352 e. The fourth-order valence-electron chi connectivity index (χ4n) is 2.83. The minimum absolute atomic E-state index is 0.0351. The predicted octanol–water partition coefficient (Wildman–Crippen LogP) is 3.40. The summed E-state index contributed by atoms with van der Waals surface area (Å²) in [7, 11) is 0. The van der Waals surface area contributed by atoms with Crippen LogP contribution in [0.25, 0.3) is 0 Å². The lowest BCUT2D eigenvalue weighted by Gasteiger charge is -2.17. The summed E-state index contributed by atoms with van der Waals surface area (Å²) < 4.78 is 26.7. The van der Waals surface area contributed by atoms with E-state index >= 15 is 0 Å². The van der Waals surface area contributed by atoms with Gasteiger partial charge in [0.2, 0.25) is 5.91 Å². The van der Waals surface area contributed by atoms with E-state index in [1.54, 1.807) is 4.90 Å². The van der Waals surface area contributed by atoms with E-state index in [0.29, 0.717) is 12.2 Å². The number of nitrogens with zero attached hydrogens (tertiary/aromatic N) is 1. The molecule has 0 radical (unpaired) electrons. The second-order valence-electron chi connectivity index (χ2n) is 5.86. The second kappa shape index (κ2) is 7.19. The Morgan fingerprint density at radius 1 is 1.20 bits per heavy atom. The molecular weight excluding hydrogens is 350 g/mol. The molecule has 0 aromatic heterocycles. The summed E-state index contributed by atoms with van der Waals surface area (Å²) in [4.78, 5) is 25.8. The first-order valence-corrected chi connectivity index (χ1v) is 8.11. The van der Waals surface area contributed by atoms with Crippen LogP contribution in [0.1, 0.15) is 16.8 Å². The molecule has 1 unspecified atom stereocenters. The Morgan fingerprint density at radius 3 is 2.60 bits per heavy atom. The summed E-state index contributed by atoms with van der Waals surface area (Å²) in [5.74, 6) is -1.90. The van der Waals surface area contributed by atoms with Crippen molar-refractivity contribution in [3.63, 3.8) is 0 Å². The second-order valence-corrected chi connectivity index (χ2v) is 6.26. The maximum atomic E-state index is 13.7. The third kappa shape index (κ3) is 3.79. The molecule has 2 amide bonds. The maximum Gasteiger partial charge on any atom is 0.255 e. The van der Waals surface area contributed by atoms with Crippen molar-refractivity contribution in [2.24, 2.45) is 5.92 Å². The standard InChI is InChI=1S/C18H15ClF2N2O2/c19-14-2-1-3-15(21)17(14)18(25)22-9-11-8-16(24)23(10-11)13-6-4-12(20)5-7-13/h1-7,11H,8-10H2,(H,22,25). The van der Waals surface area contributed by atoms with Gasteiger partial charge in [0.05, 0.1) is 10.6 Å². The van der Waals surface area contributed by atoms with E-state index in [-0.39, 0.29) is 41.2 Å². The van der Waals surface area contributed by atoms with E-state index in [9.17, 15) is 18.4 Å². The van der Waals surface area contributed by atoms with Crippen LogP contribution < -0.4 is 10.2 Å². The van der Waals surface area contributed by atoms with Gasteiger partial charge in [-0.15, -0.1) is 0 Å². The first-order chi connectivity index (χ1) is 12.0. The van der Waals surface area contributed by atoms with Gasteiger partial charge in [-0.05, 0) is 36.4 Å². The lowest BCUT2D eigenvalue weighted by molar-refractivity contribution is -0.117. The topological polar surface area (TPSA) is 49.4 Å². The highest BCUT2D eigenvalue weighted by Crippen LogP contribution is 2.25. The normalized spacial score (nSPS) is 17.0. The van der Waals surface area contributed by atoms with Crippen molar-refractivity contribution >= 4 is 29.1 Å². The van der Waals surface area contributed by atoms with Crippen molar-refractivity contribution in [1.29, 1.82) is 0 Å². The van der Waals surface area contributed by atoms with Gasteiger partial charge in [0.25, 0.3) is 5.91 Å². The highest BCUT2D eigenvalue weighted by molar-refractivity contribution is 6.33. The molecule has 1 aliphatic rings. The minimum Gasteiger partial charge on any atom is -0.352 e. The SMILES string of the molecule is O=C(NCC1CC(=O)N(c2ccc(F)cc2)C1)c1c(F)cccc1Cl. The Morgan fingerprint density at radius 2 is 1.92 bits per heavy atom. The van der Waals surface area contributed by atoms with Crippen molar-refractivity contribution in [2.75, 3.05) is 18.0 Å². The molecule has 1 aliphatic heterocycles. The summed E-state index contributed by atoms with van der Waals surface area (Å²) >= 11 is 5.87. The van der Waals surface area contributed by atoms with Gasteiger partial charge in [-0.25, -0.2) is 8.78 Å². The number of carbonyl (C=O) groups is 2. The molecule has 1 atom stereocenters. The molecule has 4 nitrogen and oxygen atoms in total. The molecule has 1 saturated heterocycles. The van der Waals surface area contributed by atoms with E-state index in [1.807, 2.05) is 0 Å². The smallest absolute Gasteiger partial charge is 0.255 e. The van der Waals surface area contributed by atoms with Gasteiger partial charge in [-0.2, -0.15) is 0 Å². The van der Waals surface area contributed by atoms with E-state index < -0.39 is 11.7 Å². The monoisotopic (exact) mass is 364 g/mol. The third-order valence-corrected chi connectivity index (χ3v) is 4.40. The summed E-state index contributed by atoms with van der Waals surface area (Å²) in [6.07, 6.45) is 0.253. The summed E-state index contributed by atoms with van der Waals surface area (Å²) in [5.41, 5.74) is 0.404. The lowest BCUT2D eigenvalue weighted by atomic mass is 10.1. The average molecular weight is 365 g/mol. The van der Waals surface area contributed by atoms with Gasteiger partial charge in [0.15, 0.2) is 0 Å². The Labute approximate surface area is 148 Å². The van der Waals surface area contributed by atoms with Crippen LogP contribution >= 0.6 is 11.6 Å². The van der Waals surface area contributed by atoms with E-state index in [2.05, 4.69) is 5.32 Å². The third-order valence-electron chi connectivity index (χ3n) is 4.08. The number of halogens is 3. The average Bonchev–Trinajstić information content (AvgIpc) is 2.94. The van der Waals surface area contributed by atoms with Crippen molar-refractivity contribution in [1.82, 2.24) is 5.32 Å². The zero-order valence-corrected chi connectivity index (χ0v) is 13.9. The Balaban J connectivity index is 1.62. The molecule has 0 spiro atoms. The number of benzene rings is 2. The highest BCUT2D eigenvalue weighted by atomic mass is 35.5. The summed E-state index contributed by atoms with van der Waals surface area (Å²) in [5, 5.41) is 2.66. The van der Waals surface area contributed by atoms with Crippen molar-refractivity contribution in [3.8, 4) is 0 Å². The Kier molecular flexibility index (Phi) is 4.99. The predicted molar refractivity (Wildman–Crippen MR) is 90.6 cm³/mol. The van der Waals surface area contributed by atoms with Gasteiger partial charge in [0, 0.05) is 31.1 Å². The van der Waals surface area contributed by atoms with Crippen LogP contribution in [0.2, 0.25) is 5.02 Å². The molecule has 1 fully saturated rings. The van der Waals surface area contributed by atoms with Gasteiger partial charge >= 0.3 is 0 Å². The van der Waals surface area contributed by atoms with Crippen molar-refractivity contribution in [3.05, 3.63) is 64.7 Å². The molecule has 2 aromatic rings. The van der Waals surface area contributed by atoms with E-state index in [4.69, 9.17) is 11.6 Å². The molecule has 130 valence electrons. The zero-order valence-electron chi connectivity index (χ0n) is 13.1. The van der Waals surface area contributed by atoms with Crippen LogP contribution in [-0.4, -0.2) is 24.9 Å². The quantitative estimate of drug-likeness (QED) is 0.904. The Hall–Kier alpha value is -2.47. The summed E-state index contributed by atoms with van der Waals surface area (Å²) in [6, 6.07) is 9.67. The zero-order chi connectivity index (χ0) is 18.0. The van der Waals surface area contributed by atoms with Crippen LogP contribution in [0.3, 0.4) is 0 Å². The fraction of sp³-hybridized carbons (Fsp3) is 0.222. The van der Waals surface area contributed by atoms with Gasteiger partial charge < -0.3 is 10.2 Å². The number of nitrogens with one attached hydrogen (secondary N) is 1. The molecule has 1 heterocycles. The van der Waals surface area contributed by atoms with Crippen molar-refractivity contribution < 1.29 is 18.4 Å². The van der Waals surface area contributed by atoms with Crippen LogP contribution in [0.4, 0.5) is 14.5 Å². The molecule has 1 N–H and O–H groups in total. The van der Waals surface area contributed by atoms with Gasteiger partial charge in [0.1, 0.15) is 11.6 Å². The van der Waals surface area contributed by atoms with Crippen LogP contribution in [0.5, 0.6) is 0 Å². The number of amides is 2. The molecule has 25 heavy (non-hydrogen) atoms. The first kappa shape index (κ1) is 17.4. The molecule has 7 heteroatoms. The molecule has 2 aromatic carbocycles. The minimum atomic E-state index is -0.694. The van der Waals surface area contributed by atoms with E-state index in [0.717, 1.165) is 6.07 Å². The molecular formula is C18H15ClF2N2O2. The number of hydrogen-bond acceptors (Lipinski definition) is 2. The number of carbonyl (C=O) groups excluding carboxylic acids is 2. The van der Waals surface area contributed by atoms with Crippen LogP contribution in [0.15, 0.2) is 42.5 Å². The molecule has 0 bridgehead atoms. The van der Waals surface area contributed by atoms with E-state index in [1.165, 1.54) is 36.4 Å². The number of rotatable bonds is 4. The molecule has 3 rings (SSSR count). The fourth-order valence-corrected chi connectivity index (χ4v) is 3.08. The Bertz CT molecular complexity index is 791. The number of hydrogen-bond donors (Lipinski definition) is 1. The maximum absolute atomic E-state index is 13.7. The highest BCUT2D eigenvalue weighted by Gasteiger charge is 2.31. The lowest BCUT2D eigenvalue weighted by Crippen LogP contribution is -2.31.